The Morgan fingerprint density at radius 1 is 0.968 bits per heavy atom. The van der Waals surface area contributed by atoms with Crippen LogP contribution in [0.25, 0.3) is 31.3 Å². The number of hydrogen-bond acceptors (Lipinski definition) is 4. The highest BCUT2D eigenvalue weighted by Gasteiger charge is 2.44. The number of nitrogens with zero attached hydrogens (tertiary/aromatic N) is 2. The lowest BCUT2D eigenvalue weighted by molar-refractivity contribution is -0.128. The minimum Gasteiger partial charge on any atom is -0.370 e. The van der Waals surface area contributed by atoms with Crippen LogP contribution in [0.1, 0.15) is 19.3 Å². The van der Waals surface area contributed by atoms with E-state index in [4.69, 9.17) is 11.6 Å². The number of carbonyl (C=O) groups is 1. The van der Waals surface area contributed by atoms with E-state index in [1.54, 1.807) is 6.20 Å². The average Bonchev–Trinajstić information content (AvgIpc) is 3.35. The van der Waals surface area contributed by atoms with Gasteiger partial charge in [-0.25, -0.2) is 0 Å². The molecule has 2 aromatic heterocycles. The van der Waals surface area contributed by atoms with Gasteiger partial charge < -0.3 is 10.2 Å². The number of piperidine rings is 1. The summed E-state index contributed by atoms with van der Waals surface area (Å²) >= 11 is 8.56. The maximum Gasteiger partial charge on any atom is 0.226 e. The molecule has 4 aromatic rings. The van der Waals surface area contributed by atoms with Gasteiger partial charge in [0.2, 0.25) is 5.91 Å². The second-order valence-corrected chi connectivity index (χ2v) is 10.0. The molecule has 4 nitrogen and oxygen atoms in total. The van der Waals surface area contributed by atoms with E-state index in [0.29, 0.717) is 5.02 Å². The Hall–Kier alpha value is -2.63. The van der Waals surface area contributed by atoms with Crippen LogP contribution in [0, 0.1) is 5.41 Å². The van der Waals surface area contributed by atoms with Gasteiger partial charge in [-0.15, -0.1) is 11.3 Å². The molecule has 1 N–H and O–H groups in total. The van der Waals surface area contributed by atoms with Crippen molar-refractivity contribution in [1.82, 2.24) is 10.3 Å². The molecule has 0 aliphatic carbocycles. The van der Waals surface area contributed by atoms with E-state index in [0.717, 1.165) is 50.1 Å². The van der Waals surface area contributed by atoms with E-state index in [2.05, 4.69) is 57.7 Å². The maximum atomic E-state index is 12.4. The van der Waals surface area contributed by atoms with Crippen molar-refractivity contribution in [2.75, 3.05) is 24.5 Å². The summed E-state index contributed by atoms with van der Waals surface area (Å²) < 4.78 is 2.55. The van der Waals surface area contributed by atoms with Gasteiger partial charge in [0, 0.05) is 63.3 Å². The molecule has 6 heteroatoms. The minimum atomic E-state index is -0.193. The van der Waals surface area contributed by atoms with E-state index in [1.165, 1.54) is 25.7 Å². The first kappa shape index (κ1) is 19.1. The van der Waals surface area contributed by atoms with E-state index >= 15 is 0 Å². The third-order valence-electron chi connectivity index (χ3n) is 6.97. The zero-order chi connectivity index (χ0) is 21.0. The lowest BCUT2D eigenvalue weighted by Crippen LogP contribution is -2.44. The highest BCUT2D eigenvalue weighted by atomic mass is 35.5. The molecular formula is C25H22ClN3OS. The third kappa shape index (κ3) is 2.94. The zero-order valence-corrected chi connectivity index (χ0v) is 18.6. The van der Waals surface area contributed by atoms with Gasteiger partial charge in [0.25, 0.3) is 0 Å². The first-order valence-electron chi connectivity index (χ1n) is 10.7. The number of aromatic nitrogens is 1. The Balaban J connectivity index is 1.45. The smallest absolute Gasteiger partial charge is 0.226 e. The predicted molar refractivity (Wildman–Crippen MR) is 129 cm³/mol. The number of carbonyl (C=O) groups excluding carboxylic acids is 1. The van der Waals surface area contributed by atoms with Gasteiger partial charge >= 0.3 is 0 Å². The largest absolute Gasteiger partial charge is 0.370 e. The fourth-order valence-electron chi connectivity index (χ4n) is 5.26. The van der Waals surface area contributed by atoms with Crippen molar-refractivity contribution in [3.8, 4) is 11.1 Å². The van der Waals surface area contributed by atoms with Crippen LogP contribution >= 0.6 is 22.9 Å². The van der Waals surface area contributed by atoms with Crippen molar-refractivity contribution in [2.24, 2.45) is 5.41 Å². The van der Waals surface area contributed by atoms with Gasteiger partial charge in [-0.3, -0.25) is 9.78 Å². The molecule has 1 spiro atoms. The van der Waals surface area contributed by atoms with E-state index in [-0.39, 0.29) is 11.3 Å². The topological polar surface area (TPSA) is 45.2 Å². The number of benzene rings is 2. The predicted octanol–water partition coefficient (Wildman–Crippen LogP) is 5.88. The second-order valence-electron chi connectivity index (χ2n) is 8.57. The van der Waals surface area contributed by atoms with Crippen LogP contribution in [-0.4, -0.2) is 30.5 Å². The number of amides is 1. The monoisotopic (exact) mass is 447 g/mol. The lowest BCUT2D eigenvalue weighted by atomic mass is 9.77. The average molecular weight is 448 g/mol. The highest BCUT2D eigenvalue weighted by molar-refractivity contribution is 7.26. The number of anilines is 1. The number of hydrogen-bond donors (Lipinski definition) is 1. The fraction of sp³-hybridized carbons (Fsp3) is 0.280. The molecule has 31 heavy (non-hydrogen) atoms. The van der Waals surface area contributed by atoms with Crippen molar-refractivity contribution in [3.05, 3.63) is 59.9 Å². The van der Waals surface area contributed by atoms with Gasteiger partial charge in [0.05, 0.1) is 16.1 Å². The minimum absolute atomic E-state index is 0.193. The summed E-state index contributed by atoms with van der Waals surface area (Å²) in [5, 5.41) is 6.25. The van der Waals surface area contributed by atoms with Crippen LogP contribution in [0.4, 0.5) is 5.69 Å². The molecular weight excluding hydrogens is 426 g/mol. The molecule has 2 aliphatic rings. The van der Waals surface area contributed by atoms with E-state index in [9.17, 15) is 4.79 Å². The van der Waals surface area contributed by atoms with E-state index < -0.39 is 0 Å². The molecule has 2 fully saturated rings. The first-order chi connectivity index (χ1) is 15.2. The molecule has 6 rings (SSSR count). The summed E-state index contributed by atoms with van der Waals surface area (Å²) in [6.45, 7) is 2.45. The molecule has 2 aliphatic heterocycles. The van der Waals surface area contributed by atoms with Gasteiger partial charge in [-0.05, 0) is 25.3 Å². The van der Waals surface area contributed by atoms with E-state index in [1.807, 2.05) is 17.5 Å². The number of nitrogens with one attached hydrogen (secondary N) is 1. The standard InChI is InChI=1S/C25H22ClN3OS/c26-20-15-27-14-19(22(20)29-12-9-25(10-13-29)8-11-28-24(25)30)18-6-3-5-17-16-4-1-2-7-21(16)31-23(17)18/h1-7,14-15H,8-13H2,(H,28,30). The Labute approximate surface area is 189 Å². The van der Waals surface area contributed by atoms with Crippen molar-refractivity contribution >= 4 is 54.7 Å². The molecule has 1 amide bonds. The molecule has 0 unspecified atom stereocenters. The quantitative estimate of drug-likeness (QED) is 0.417. The SMILES string of the molecule is O=C1NCCC12CCN(c1c(Cl)cncc1-c1cccc3c1sc1ccccc13)CC2. The van der Waals surface area contributed by atoms with Gasteiger partial charge in [0.15, 0.2) is 0 Å². The third-order valence-corrected chi connectivity index (χ3v) is 8.47. The fourth-order valence-corrected chi connectivity index (χ4v) is 6.77. The molecule has 2 aromatic carbocycles. The van der Waals surface area contributed by atoms with Crippen molar-refractivity contribution < 1.29 is 4.79 Å². The summed E-state index contributed by atoms with van der Waals surface area (Å²) in [4.78, 5) is 19.2. The highest BCUT2D eigenvalue weighted by Crippen LogP contribution is 2.46. The van der Waals surface area contributed by atoms with Crippen LogP contribution in [0.15, 0.2) is 54.9 Å². The molecule has 0 saturated carbocycles. The maximum absolute atomic E-state index is 12.4. The Kier molecular flexibility index (Phi) is 4.44. The van der Waals surface area contributed by atoms with Crippen molar-refractivity contribution in [3.63, 3.8) is 0 Å². The molecule has 156 valence electrons. The van der Waals surface area contributed by atoms with Gasteiger partial charge in [0.1, 0.15) is 0 Å². The number of thiophene rings is 1. The molecule has 4 heterocycles. The zero-order valence-electron chi connectivity index (χ0n) is 17.0. The van der Waals surface area contributed by atoms with Crippen LogP contribution in [0.2, 0.25) is 5.02 Å². The summed E-state index contributed by atoms with van der Waals surface area (Å²) in [7, 11) is 0. The number of rotatable bonds is 2. The molecule has 0 radical (unpaired) electrons. The lowest BCUT2D eigenvalue weighted by Gasteiger charge is -2.39. The van der Waals surface area contributed by atoms with Crippen molar-refractivity contribution in [1.29, 1.82) is 0 Å². The normalized spacial score (nSPS) is 18.2. The van der Waals surface area contributed by atoms with Crippen molar-refractivity contribution in [2.45, 2.75) is 19.3 Å². The summed E-state index contributed by atoms with van der Waals surface area (Å²) in [5.74, 6) is 0.225. The Morgan fingerprint density at radius 2 is 1.77 bits per heavy atom. The number of pyridine rings is 1. The van der Waals surface area contributed by atoms with Crippen LogP contribution in [-0.2, 0) is 4.79 Å². The first-order valence-corrected chi connectivity index (χ1v) is 11.9. The summed E-state index contributed by atoms with van der Waals surface area (Å²) in [5.41, 5.74) is 3.08. The Bertz CT molecular complexity index is 1320. The Morgan fingerprint density at radius 3 is 2.58 bits per heavy atom. The van der Waals surface area contributed by atoms with Crippen LogP contribution in [0.5, 0.6) is 0 Å². The summed E-state index contributed by atoms with van der Waals surface area (Å²) in [6, 6.07) is 15.0. The van der Waals surface area contributed by atoms with Crippen LogP contribution < -0.4 is 10.2 Å². The second kappa shape index (κ2) is 7.21. The molecule has 0 bridgehead atoms. The molecule has 2 saturated heterocycles. The van der Waals surface area contributed by atoms with Gasteiger partial charge in [-0.2, -0.15) is 0 Å². The molecule has 0 atom stereocenters. The van der Waals surface area contributed by atoms with Crippen LogP contribution in [0.3, 0.4) is 0 Å². The number of halogens is 1. The number of fused-ring (bicyclic) bond motifs is 3. The summed E-state index contributed by atoms with van der Waals surface area (Å²) in [6.07, 6.45) is 6.34. The van der Waals surface area contributed by atoms with Gasteiger partial charge in [-0.1, -0.05) is 48.0 Å².